The molecule has 0 saturated carbocycles. The van der Waals surface area contributed by atoms with E-state index in [1.54, 1.807) is 21.1 Å². The van der Waals surface area contributed by atoms with Gasteiger partial charge in [0.1, 0.15) is 12.6 Å². The average Bonchev–Trinajstić information content (AvgIpc) is 3.14. The number of hydrogen-bond donors (Lipinski definition) is 0. The van der Waals surface area contributed by atoms with Gasteiger partial charge in [-0.2, -0.15) is 0 Å². The van der Waals surface area contributed by atoms with Crippen molar-refractivity contribution in [1.29, 1.82) is 0 Å². The van der Waals surface area contributed by atoms with E-state index in [1.807, 2.05) is 6.08 Å². The molecule has 0 N–H and O–H groups in total. The van der Waals surface area contributed by atoms with E-state index in [0.717, 1.165) is 51.4 Å². The normalized spacial score (nSPS) is 13.4. The molecular formula is C47H83NO7. The first kappa shape index (κ1) is 52.3. The van der Waals surface area contributed by atoms with Crippen LogP contribution < -0.4 is 5.11 Å². The first-order valence-electron chi connectivity index (χ1n) is 22.2. The van der Waals surface area contributed by atoms with Gasteiger partial charge in [-0.3, -0.25) is 9.59 Å². The lowest BCUT2D eigenvalue weighted by molar-refractivity contribution is -0.889. The lowest BCUT2D eigenvalue weighted by atomic mass is 10.0. The predicted molar refractivity (Wildman–Crippen MR) is 226 cm³/mol. The Kier molecular flexibility index (Phi) is 36.3. The maximum absolute atomic E-state index is 12.7. The summed E-state index contributed by atoms with van der Waals surface area (Å²) in [4.78, 5) is 36.7. The maximum atomic E-state index is 12.7. The van der Waals surface area contributed by atoms with Crippen LogP contribution in [0.25, 0.3) is 0 Å². The lowest BCUT2D eigenvalue weighted by Gasteiger charge is -2.34. The van der Waals surface area contributed by atoms with Crippen molar-refractivity contribution in [2.45, 2.75) is 193 Å². The highest BCUT2D eigenvalue weighted by atomic mass is 16.6. The Balaban J connectivity index is 4.18. The molecular weight excluding hydrogens is 691 g/mol. The zero-order valence-electron chi connectivity index (χ0n) is 36.1. The Hall–Kier alpha value is -2.71. The third-order valence-corrected chi connectivity index (χ3v) is 9.71. The topological polar surface area (TPSA) is 102 Å². The Morgan fingerprint density at radius 2 is 1.05 bits per heavy atom. The van der Waals surface area contributed by atoms with Crippen LogP contribution in [0.4, 0.5) is 0 Å². The highest BCUT2D eigenvalue weighted by Crippen LogP contribution is 2.15. The van der Waals surface area contributed by atoms with Gasteiger partial charge in [-0.05, 0) is 57.8 Å². The Morgan fingerprint density at radius 3 is 1.60 bits per heavy atom. The van der Waals surface area contributed by atoms with E-state index < -0.39 is 18.1 Å². The molecule has 0 saturated heterocycles. The lowest BCUT2D eigenvalue weighted by Crippen LogP contribution is -2.55. The molecule has 2 atom stereocenters. The predicted octanol–water partition coefficient (Wildman–Crippen LogP) is 10.7. The van der Waals surface area contributed by atoms with Crippen LogP contribution in [0.2, 0.25) is 0 Å². The molecule has 0 spiro atoms. The van der Waals surface area contributed by atoms with Gasteiger partial charge in [-0.25, -0.2) is 0 Å². The number of aliphatic carboxylic acids is 1. The minimum Gasteiger partial charge on any atom is -0.544 e. The van der Waals surface area contributed by atoms with Crippen molar-refractivity contribution in [2.75, 3.05) is 41.0 Å². The van der Waals surface area contributed by atoms with E-state index in [4.69, 9.17) is 14.2 Å². The average molecular weight is 774 g/mol. The summed E-state index contributed by atoms with van der Waals surface area (Å²) < 4.78 is 17.1. The first-order chi connectivity index (χ1) is 26.6. The van der Waals surface area contributed by atoms with Crippen LogP contribution >= 0.6 is 0 Å². The summed E-state index contributed by atoms with van der Waals surface area (Å²) in [6, 6.07) is -0.729. The van der Waals surface area contributed by atoms with Crippen molar-refractivity contribution in [3.8, 4) is 0 Å². The van der Waals surface area contributed by atoms with Crippen LogP contribution in [-0.4, -0.2) is 75.5 Å². The van der Waals surface area contributed by atoms with E-state index >= 15 is 0 Å². The minimum absolute atomic E-state index is 0.0291. The summed E-state index contributed by atoms with van der Waals surface area (Å²) >= 11 is 0. The molecule has 0 aromatic heterocycles. The summed E-state index contributed by atoms with van der Waals surface area (Å²) in [6.45, 7) is 4.46. The largest absolute Gasteiger partial charge is 0.544 e. The molecule has 0 bridgehead atoms. The number of hydrogen-bond acceptors (Lipinski definition) is 7. The van der Waals surface area contributed by atoms with Crippen molar-refractivity contribution >= 4 is 17.9 Å². The third-order valence-electron chi connectivity index (χ3n) is 9.71. The molecule has 8 heteroatoms. The molecule has 0 rings (SSSR count). The number of rotatable bonds is 39. The summed E-state index contributed by atoms with van der Waals surface area (Å²) in [6.07, 6.45) is 44.5. The van der Waals surface area contributed by atoms with E-state index in [9.17, 15) is 19.5 Å². The number of carboxylic acid groups (broad SMARTS) is 1. The molecule has 0 aliphatic heterocycles. The highest BCUT2D eigenvalue weighted by molar-refractivity contribution is 5.70. The van der Waals surface area contributed by atoms with Crippen LogP contribution in [0.15, 0.2) is 48.6 Å². The number of carbonyl (C=O) groups excluding carboxylic acids is 3. The van der Waals surface area contributed by atoms with Gasteiger partial charge in [-0.15, -0.1) is 0 Å². The van der Waals surface area contributed by atoms with Crippen LogP contribution in [0.1, 0.15) is 181 Å². The summed E-state index contributed by atoms with van der Waals surface area (Å²) in [5.74, 6) is -1.80. The third kappa shape index (κ3) is 36.7. The molecule has 0 aliphatic rings. The van der Waals surface area contributed by atoms with Gasteiger partial charge < -0.3 is 28.6 Å². The fraction of sp³-hybridized carbons (Fsp3) is 0.766. The van der Waals surface area contributed by atoms with E-state index in [-0.39, 0.29) is 49.1 Å². The van der Waals surface area contributed by atoms with Crippen molar-refractivity contribution in [2.24, 2.45) is 0 Å². The molecule has 0 aromatic carbocycles. The zero-order valence-corrected chi connectivity index (χ0v) is 36.1. The number of ether oxygens (including phenoxy) is 3. The fourth-order valence-corrected chi connectivity index (χ4v) is 6.28. The Labute approximate surface area is 337 Å². The molecule has 0 radical (unpaired) electrons. The van der Waals surface area contributed by atoms with Crippen molar-refractivity contribution < 1.29 is 38.2 Å². The van der Waals surface area contributed by atoms with Gasteiger partial charge in [0, 0.05) is 19.3 Å². The molecule has 55 heavy (non-hydrogen) atoms. The van der Waals surface area contributed by atoms with E-state index in [1.165, 1.54) is 89.9 Å². The van der Waals surface area contributed by atoms with Crippen LogP contribution in [0.5, 0.6) is 0 Å². The molecule has 0 aliphatic carbocycles. The Morgan fingerprint density at radius 1 is 0.564 bits per heavy atom. The minimum atomic E-state index is -1.13. The van der Waals surface area contributed by atoms with Gasteiger partial charge >= 0.3 is 11.9 Å². The number of quaternary nitrogens is 1. The van der Waals surface area contributed by atoms with Gasteiger partial charge in [0.2, 0.25) is 0 Å². The Bertz CT molecular complexity index is 1040. The molecule has 0 fully saturated rings. The highest BCUT2D eigenvalue weighted by Gasteiger charge is 2.25. The number of likely N-dealkylation sites (N-methyl/N-ethyl adjacent to an activating group) is 1. The van der Waals surface area contributed by atoms with Gasteiger partial charge in [0.25, 0.3) is 0 Å². The number of nitrogens with zero attached hydrogens (tertiary/aromatic N) is 1. The molecule has 0 amide bonds. The molecule has 318 valence electrons. The quantitative estimate of drug-likeness (QED) is 0.0265. The second kappa shape index (κ2) is 38.2. The van der Waals surface area contributed by atoms with Gasteiger partial charge in [0.05, 0.1) is 40.3 Å². The summed E-state index contributed by atoms with van der Waals surface area (Å²) in [7, 11) is 5.39. The zero-order chi connectivity index (χ0) is 40.7. The molecule has 0 heterocycles. The molecule has 8 nitrogen and oxygen atoms in total. The standard InChI is InChI=1S/C47H83NO7/c1-6-8-10-12-14-16-17-18-19-20-21-22-23-24-25-26-27-28-29-30-32-34-36-38-46(50)55-43(41-53-40-39-44(47(51)52)48(3,4)5)42-54-45(49)37-35-33-31-15-13-11-9-7-2/h8,10,14,16,18-19,31,33,43-44H,6-7,9,11-13,15,17,20-30,32,34-42H2,1-5H3/b10-8+,16-14+,19-18+,33-31+. The summed E-state index contributed by atoms with van der Waals surface area (Å²) in [5.41, 5.74) is 0. The monoisotopic (exact) mass is 774 g/mol. The van der Waals surface area contributed by atoms with Gasteiger partial charge in [-0.1, -0.05) is 152 Å². The molecule has 0 aromatic rings. The number of carboxylic acids is 1. The fourth-order valence-electron chi connectivity index (χ4n) is 6.28. The second-order valence-electron chi connectivity index (χ2n) is 15.9. The van der Waals surface area contributed by atoms with Crippen LogP contribution in [0, 0.1) is 0 Å². The molecule has 2 unspecified atom stereocenters. The van der Waals surface area contributed by atoms with Crippen molar-refractivity contribution in [1.82, 2.24) is 0 Å². The maximum Gasteiger partial charge on any atom is 0.306 e. The number of carbonyl (C=O) groups is 3. The van der Waals surface area contributed by atoms with Crippen molar-refractivity contribution in [3.63, 3.8) is 0 Å². The number of unbranched alkanes of at least 4 members (excludes halogenated alkanes) is 17. The SMILES string of the molecule is CC/C=C/C/C=C/C/C=C/CCCCCCCCCCCCCCCC(=O)OC(COCCC(C(=O)[O-])[N+](C)(C)C)COC(=O)CC/C=C/CCCCCC. The van der Waals surface area contributed by atoms with E-state index in [0.29, 0.717) is 12.8 Å². The van der Waals surface area contributed by atoms with Crippen LogP contribution in [-0.2, 0) is 28.6 Å². The number of allylic oxidation sites excluding steroid dienone is 8. The second-order valence-corrected chi connectivity index (χ2v) is 15.9. The summed E-state index contributed by atoms with van der Waals surface area (Å²) in [5, 5.41) is 11.6. The van der Waals surface area contributed by atoms with Crippen LogP contribution in [0.3, 0.4) is 0 Å². The first-order valence-corrected chi connectivity index (χ1v) is 22.2. The van der Waals surface area contributed by atoms with Crippen molar-refractivity contribution in [3.05, 3.63) is 48.6 Å². The van der Waals surface area contributed by atoms with Gasteiger partial charge in [0.15, 0.2) is 6.10 Å². The number of esters is 2. The van der Waals surface area contributed by atoms with E-state index in [2.05, 4.69) is 56.4 Å². The smallest absolute Gasteiger partial charge is 0.306 e.